The van der Waals surface area contributed by atoms with Crippen molar-refractivity contribution in [2.75, 3.05) is 19.6 Å². The third kappa shape index (κ3) is 3.76. The van der Waals surface area contributed by atoms with E-state index in [1.54, 1.807) is 18.2 Å². The summed E-state index contributed by atoms with van der Waals surface area (Å²) in [7, 11) is 0. The Labute approximate surface area is 158 Å². The topological polar surface area (TPSA) is 38.8 Å². The molecule has 1 fully saturated rings. The highest BCUT2D eigenvalue weighted by Crippen LogP contribution is 2.32. The van der Waals surface area contributed by atoms with E-state index in [4.69, 9.17) is 21.1 Å². The number of likely N-dealkylation sites (tertiary alicyclic amines) is 1. The van der Waals surface area contributed by atoms with Gasteiger partial charge >= 0.3 is 0 Å². The maximum atomic E-state index is 12.5. The largest absolute Gasteiger partial charge is 0.458 e. The Balaban J connectivity index is 1.33. The molecule has 0 aliphatic carbocycles. The van der Waals surface area contributed by atoms with Crippen LogP contribution in [0.5, 0.6) is 11.5 Å². The summed E-state index contributed by atoms with van der Waals surface area (Å²) in [6, 6.07) is 13.4. The molecule has 134 valence electrons. The third-order valence-corrected chi connectivity index (χ3v) is 5.19. The van der Waals surface area contributed by atoms with Gasteiger partial charge in [-0.15, -0.1) is 0 Å². The van der Waals surface area contributed by atoms with Gasteiger partial charge in [0.05, 0.1) is 0 Å². The van der Waals surface area contributed by atoms with Crippen LogP contribution in [-0.4, -0.2) is 30.3 Å². The number of ketones is 1. The van der Waals surface area contributed by atoms with Gasteiger partial charge in [-0.2, -0.15) is 0 Å². The molecular weight excluding hydrogens is 350 g/mol. The van der Waals surface area contributed by atoms with E-state index in [1.807, 2.05) is 18.2 Å². The van der Waals surface area contributed by atoms with E-state index in [9.17, 15) is 4.79 Å². The lowest BCUT2D eigenvalue weighted by atomic mass is 9.99. The highest BCUT2D eigenvalue weighted by molar-refractivity contribution is 6.30. The van der Waals surface area contributed by atoms with E-state index in [0.29, 0.717) is 29.4 Å². The van der Waals surface area contributed by atoms with E-state index in [0.717, 1.165) is 31.1 Å². The minimum Gasteiger partial charge on any atom is -0.458 e. The third-order valence-electron chi connectivity index (χ3n) is 4.96. The van der Waals surface area contributed by atoms with Crippen molar-refractivity contribution in [2.24, 2.45) is 0 Å². The maximum Gasteiger partial charge on any atom is 0.169 e. The fourth-order valence-corrected chi connectivity index (χ4v) is 3.74. The second-order valence-electron chi connectivity index (χ2n) is 6.68. The van der Waals surface area contributed by atoms with Gasteiger partial charge in [0.15, 0.2) is 17.3 Å². The van der Waals surface area contributed by atoms with Crippen LogP contribution in [0.3, 0.4) is 0 Å². The first kappa shape index (κ1) is 17.1. The maximum absolute atomic E-state index is 12.5. The van der Waals surface area contributed by atoms with Crippen molar-refractivity contribution in [3.8, 4) is 11.5 Å². The quantitative estimate of drug-likeness (QED) is 0.719. The second kappa shape index (κ2) is 7.52. The van der Waals surface area contributed by atoms with Crippen LogP contribution in [0.4, 0.5) is 0 Å². The van der Waals surface area contributed by atoms with E-state index < -0.39 is 0 Å². The van der Waals surface area contributed by atoms with Crippen LogP contribution < -0.4 is 9.47 Å². The number of ether oxygens (including phenoxy) is 2. The zero-order valence-corrected chi connectivity index (χ0v) is 15.1. The van der Waals surface area contributed by atoms with E-state index in [2.05, 4.69) is 11.0 Å². The molecule has 1 atom stereocenters. The van der Waals surface area contributed by atoms with Gasteiger partial charge in [-0.3, -0.25) is 4.79 Å². The van der Waals surface area contributed by atoms with Crippen molar-refractivity contribution in [3.05, 3.63) is 71.1 Å². The molecule has 0 aromatic heterocycles. The van der Waals surface area contributed by atoms with Gasteiger partial charge in [-0.1, -0.05) is 23.7 Å². The van der Waals surface area contributed by atoms with Gasteiger partial charge in [0.2, 0.25) is 0 Å². The predicted octanol–water partition coefficient (Wildman–Crippen LogP) is 4.64. The average Bonchev–Trinajstić information content (AvgIpc) is 3.15. The lowest BCUT2D eigenvalue weighted by Crippen LogP contribution is -2.23. The number of carbonyl (C=O) groups is 1. The standard InChI is InChI=1S/C21H20ClNO3/c22-18-3-1-2-15(12-18)17-6-8-23(14-17)9-7-19(24)16-4-5-20-21(13-16)26-11-10-25-20/h1-5,10-13,17H,6-9,14H2. The summed E-state index contributed by atoms with van der Waals surface area (Å²) in [4.78, 5) is 14.9. The number of hydrogen-bond donors (Lipinski definition) is 0. The van der Waals surface area contributed by atoms with Crippen molar-refractivity contribution < 1.29 is 14.3 Å². The molecule has 0 radical (unpaired) electrons. The summed E-state index contributed by atoms with van der Waals surface area (Å²) < 4.78 is 10.7. The number of benzene rings is 2. The molecule has 5 heteroatoms. The van der Waals surface area contributed by atoms with Crippen LogP contribution in [0.25, 0.3) is 0 Å². The highest BCUT2D eigenvalue weighted by Gasteiger charge is 2.24. The van der Waals surface area contributed by atoms with Gasteiger partial charge < -0.3 is 14.4 Å². The molecule has 4 nitrogen and oxygen atoms in total. The Morgan fingerprint density at radius 2 is 1.96 bits per heavy atom. The second-order valence-corrected chi connectivity index (χ2v) is 7.12. The summed E-state index contributed by atoms with van der Waals surface area (Å²) in [6.07, 6.45) is 4.55. The molecule has 26 heavy (non-hydrogen) atoms. The monoisotopic (exact) mass is 369 g/mol. The first-order valence-corrected chi connectivity index (χ1v) is 9.20. The predicted molar refractivity (Wildman–Crippen MR) is 101 cm³/mol. The molecule has 0 saturated carbocycles. The van der Waals surface area contributed by atoms with Crippen molar-refractivity contribution in [1.29, 1.82) is 0 Å². The Morgan fingerprint density at radius 3 is 2.81 bits per heavy atom. The van der Waals surface area contributed by atoms with Crippen LogP contribution in [-0.2, 0) is 0 Å². The molecule has 2 aliphatic heterocycles. The van der Waals surface area contributed by atoms with E-state index in [1.165, 1.54) is 18.1 Å². The van der Waals surface area contributed by atoms with Crippen LogP contribution in [0, 0.1) is 0 Å². The van der Waals surface area contributed by atoms with Gasteiger partial charge in [0.25, 0.3) is 0 Å². The first-order valence-electron chi connectivity index (χ1n) is 8.82. The molecule has 1 saturated heterocycles. The van der Waals surface area contributed by atoms with Gasteiger partial charge in [-0.25, -0.2) is 0 Å². The highest BCUT2D eigenvalue weighted by atomic mass is 35.5. The summed E-state index contributed by atoms with van der Waals surface area (Å²) >= 11 is 6.10. The summed E-state index contributed by atoms with van der Waals surface area (Å²) in [5, 5.41) is 0.782. The lowest BCUT2D eigenvalue weighted by Gasteiger charge is -2.16. The average molecular weight is 370 g/mol. The minimum absolute atomic E-state index is 0.122. The Hall–Kier alpha value is -2.30. The van der Waals surface area contributed by atoms with E-state index in [-0.39, 0.29) is 5.78 Å². The number of nitrogens with zero attached hydrogens (tertiary/aromatic N) is 1. The fraction of sp³-hybridized carbons (Fsp3) is 0.286. The number of halogens is 1. The molecule has 0 N–H and O–H groups in total. The van der Waals surface area contributed by atoms with Crippen LogP contribution in [0.15, 0.2) is 55.0 Å². The number of fused-ring (bicyclic) bond motifs is 1. The zero-order valence-electron chi connectivity index (χ0n) is 14.4. The van der Waals surface area contributed by atoms with Crippen molar-refractivity contribution in [3.63, 3.8) is 0 Å². The molecule has 4 rings (SSSR count). The van der Waals surface area contributed by atoms with Crippen molar-refractivity contribution in [1.82, 2.24) is 4.90 Å². The van der Waals surface area contributed by atoms with Gasteiger partial charge in [0.1, 0.15) is 12.5 Å². The Bertz CT molecular complexity index is 849. The SMILES string of the molecule is O=C(CCN1CCC(c2cccc(Cl)c2)C1)c1ccc2c(c1)OC=CO2. The van der Waals surface area contributed by atoms with Gasteiger partial charge in [0, 0.05) is 30.1 Å². The molecule has 1 unspecified atom stereocenters. The van der Waals surface area contributed by atoms with Gasteiger partial charge in [-0.05, 0) is 54.8 Å². The molecule has 0 spiro atoms. The van der Waals surface area contributed by atoms with Crippen molar-refractivity contribution in [2.45, 2.75) is 18.8 Å². The van der Waals surface area contributed by atoms with Crippen LogP contribution in [0.2, 0.25) is 5.02 Å². The lowest BCUT2D eigenvalue weighted by molar-refractivity contribution is 0.0968. The smallest absolute Gasteiger partial charge is 0.169 e. The first-order chi connectivity index (χ1) is 12.7. The zero-order chi connectivity index (χ0) is 17.9. The van der Waals surface area contributed by atoms with Crippen LogP contribution in [0.1, 0.15) is 34.7 Å². The summed E-state index contributed by atoms with van der Waals surface area (Å²) in [6.45, 7) is 2.75. The molecule has 2 heterocycles. The normalized spacial score (nSPS) is 18.9. The Kier molecular flexibility index (Phi) is 4.96. The molecular formula is C21H20ClNO3. The molecule has 2 aromatic carbocycles. The fourth-order valence-electron chi connectivity index (χ4n) is 3.55. The summed E-state index contributed by atoms with van der Waals surface area (Å²) in [5.41, 5.74) is 1.94. The number of Topliss-reactive ketones (excluding diaryl/α,β-unsaturated/α-hetero) is 1. The number of carbonyl (C=O) groups excluding carboxylic acids is 1. The van der Waals surface area contributed by atoms with Crippen LogP contribution >= 0.6 is 11.6 Å². The number of hydrogen-bond acceptors (Lipinski definition) is 4. The van der Waals surface area contributed by atoms with Crippen molar-refractivity contribution >= 4 is 17.4 Å². The Morgan fingerprint density at radius 1 is 1.12 bits per heavy atom. The molecule has 0 bridgehead atoms. The molecule has 2 aliphatic rings. The minimum atomic E-state index is 0.122. The molecule has 0 amide bonds. The number of rotatable bonds is 5. The summed E-state index contributed by atoms with van der Waals surface area (Å²) in [5.74, 6) is 1.83. The van der Waals surface area contributed by atoms with E-state index >= 15 is 0 Å². The molecule has 2 aromatic rings.